The highest BCUT2D eigenvalue weighted by Crippen LogP contribution is 2.24. The number of hydrogen-bond donors (Lipinski definition) is 0. The summed E-state index contributed by atoms with van der Waals surface area (Å²) in [5.41, 5.74) is 2.97. The molecule has 5 nitrogen and oxygen atoms in total. The van der Waals surface area contributed by atoms with Gasteiger partial charge in [0.2, 0.25) is 5.16 Å². The summed E-state index contributed by atoms with van der Waals surface area (Å²) in [7, 11) is 0. The van der Waals surface area contributed by atoms with Crippen LogP contribution in [-0.2, 0) is 5.41 Å². The monoisotopic (exact) mass is 299 g/mol. The van der Waals surface area contributed by atoms with Gasteiger partial charge in [-0.05, 0) is 23.3 Å². The van der Waals surface area contributed by atoms with Crippen LogP contribution < -0.4 is 0 Å². The van der Waals surface area contributed by atoms with Crippen LogP contribution in [0.4, 0.5) is 0 Å². The van der Waals surface area contributed by atoms with Crippen molar-refractivity contribution in [2.75, 3.05) is 6.26 Å². The second kappa shape index (κ2) is 5.11. The molecule has 0 aliphatic rings. The third kappa shape index (κ3) is 2.63. The maximum atomic E-state index is 4.54. The highest BCUT2D eigenvalue weighted by atomic mass is 32.2. The standard InChI is InChI=1S/C15H17N5S/c1-15(2,3)10-5-6-12(16-7-10)13-17-8-11-9-18-14(21-4)19-20(11)13/h5-9H,1-4H3. The van der Waals surface area contributed by atoms with E-state index in [1.54, 1.807) is 16.9 Å². The van der Waals surface area contributed by atoms with E-state index in [0.717, 1.165) is 17.0 Å². The van der Waals surface area contributed by atoms with E-state index in [0.29, 0.717) is 5.16 Å². The zero-order valence-corrected chi connectivity index (χ0v) is 13.3. The Labute approximate surface area is 127 Å². The number of thioether (sulfide) groups is 1. The molecule has 0 aromatic carbocycles. The summed E-state index contributed by atoms with van der Waals surface area (Å²) in [5, 5.41) is 5.18. The summed E-state index contributed by atoms with van der Waals surface area (Å²) in [6.45, 7) is 6.52. The molecule has 108 valence electrons. The van der Waals surface area contributed by atoms with Crippen molar-refractivity contribution >= 4 is 17.3 Å². The van der Waals surface area contributed by atoms with E-state index in [1.807, 2.05) is 18.5 Å². The molecular weight excluding hydrogens is 282 g/mol. The molecule has 3 aromatic heterocycles. The highest BCUT2D eigenvalue weighted by Gasteiger charge is 2.15. The quantitative estimate of drug-likeness (QED) is 0.680. The molecule has 0 unspecified atom stereocenters. The van der Waals surface area contributed by atoms with Crippen LogP contribution in [0.5, 0.6) is 0 Å². The fourth-order valence-corrected chi connectivity index (χ4v) is 2.34. The Hall–Kier alpha value is -1.95. The predicted molar refractivity (Wildman–Crippen MR) is 84.5 cm³/mol. The van der Waals surface area contributed by atoms with E-state index in [1.165, 1.54) is 17.3 Å². The first-order valence-electron chi connectivity index (χ1n) is 6.71. The first-order valence-corrected chi connectivity index (χ1v) is 7.93. The first kappa shape index (κ1) is 14.0. The average Bonchev–Trinajstić information content (AvgIpc) is 2.89. The van der Waals surface area contributed by atoms with Crippen molar-refractivity contribution in [1.29, 1.82) is 0 Å². The van der Waals surface area contributed by atoms with Gasteiger partial charge in [-0.2, -0.15) is 0 Å². The molecule has 0 atom stereocenters. The van der Waals surface area contributed by atoms with Crippen LogP contribution in [0.25, 0.3) is 17.0 Å². The van der Waals surface area contributed by atoms with Crippen molar-refractivity contribution in [2.24, 2.45) is 0 Å². The van der Waals surface area contributed by atoms with Gasteiger partial charge >= 0.3 is 0 Å². The van der Waals surface area contributed by atoms with Crippen LogP contribution in [0.1, 0.15) is 26.3 Å². The Morgan fingerprint density at radius 3 is 2.38 bits per heavy atom. The normalized spacial score (nSPS) is 12.0. The molecule has 0 aliphatic carbocycles. The first-order chi connectivity index (χ1) is 9.99. The van der Waals surface area contributed by atoms with Crippen molar-refractivity contribution in [2.45, 2.75) is 31.3 Å². The Bertz CT molecular complexity index is 771. The Morgan fingerprint density at radius 1 is 1.00 bits per heavy atom. The van der Waals surface area contributed by atoms with Gasteiger partial charge in [0.1, 0.15) is 11.2 Å². The van der Waals surface area contributed by atoms with E-state index < -0.39 is 0 Å². The van der Waals surface area contributed by atoms with Crippen LogP contribution in [0, 0.1) is 0 Å². The topological polar surface area (TPSA) is 56.0 Å². The van der Waals surface area contributed by atoms with Crippen molar-refractivity contribution in [3.05, 3.63) is 36.3 Å². The molecule has 3 rings (SSSR count). The molecule has 6 heteroatoms. The van der Waals surface area contributed by atoms with Gasteiger partial charge in [-0.3, -0.25) is 4.98 Å². The maximum Gasteiger partial charge on any atom is 0.207 e. The molecule has 0 fully saturated rings. The molecule has 21 heavy (non-hydrogen) atoms. The van der Waals surface area contributed by atoms with E-state index in [-0.39, 0.29) is 5.41 Å². The summed E-state index contributed by atoms with van der Waals surface area (Å²) in [6, 6.07) is 4.09. The minimum absolute atomic E-state index is 0.0916. The zero-order chi connectivity index (χ0) is 15.0. The van der Waals surface area contributed by atoms with Gasteiger partial charge in [0.05, 0.1) is 12.4 Å². The number of nitrogens with zero attached hydrogens (tertiary/aromatic N) is 5. The van der Waals surface area contributed by atoms with Gasteiger partial charge in [-0.1, -0.05) is 38.6 Å². The lowest BCUT2D eigenvalue weighted by Crippen LogP contribution is -2.11. The van der Waals surface area contributed by atoms with E-state index >= 15 is 0 Å². The molecule has 3 aromatic rings. The second-order valence-electron chi connectivity index (χ2n) is 5.85. The van der Waals surface area contributed by atoms with Gasteiger partial charge in [0, 0.05) is 6.20 Å². The van der Waals surface area contributed by atoms with Gasteiger partial charge in [0.15, 0.2) is 5.82 Å². The molecule has 3 heterocycles. The third-order valence-corrected chi connectivity index (χ3v) is 3.85. The number of imidazole rings is 1. The van der Waals surface area contributed by atoms with Crippen molar-refractivity contribution in [3.63, 3.8) is 0 Å². The van der Waals surface area contributed by atoms with Gasteiger partial charge in [-0.25, -0.2) is 14.5 Å². The number of fused-ring (bicyclic) bond motifs is 1. The minimum atomic E-state index is 0.0916. The zero-order valence-electron chi connectivity index (χ0n) is 12.5. The predicted octanol–water partition coefficient (Wildman–Crippen LogP) is 3.21. The minimum Gasteiger partial charge on any atom is -0.253 e. The summed E-state index contributed by atoms with van der Waals surface area (Å²) in [5.74, 6) is 0.739. The Balaban J connectivity index is 2.08. The van der Waals surface area contributed by atoms with Crippen LogP contribution in [0.2, 0.25) is 0 Å². The third-order valence-electron chi connectivity index (χ3n) is 3.30. The van der Waals surface area contributed by atoms with Crippen LogP contribution in [0.3, 0.4) is 0 Å². The van der Waals surface area contributed by atoms with Gasteiger partial charge in [-0.15, -0.1) is 5.10 Å². The number of hydrogen-bond acceptors (Lipinski definition) is 5. The highest BCUT2D eigenvalue weighted by molar-refractivity contribution is 7.98. The van der Waals surface area contributed by atoms with Gasteiger partial charge in [0.25, 0.3) is 0 Å². The molecule has 0 aliphatic heterocycles. The molecule has 0 spiro atoms. The van der Waals surface area contributed by atoms with E-state index in [9.17, 15) is 0 Å². The molecule has 0 radical (unpaired) electrons. The van der Waals surface area contributed by atoms with Gasteiger partial charge < -0.3 is 0 Å². The summed E-state index contributed by atoms with van der Waals surface area (Å²) in [6.07, 6.45) is 7.40. The van der Waals surface area contributed by atoms with Crippen molar-refractivity contribution in [1.82, 2.24) is 24.6 Å². The number of rotatable bonds is 2. The lowest BCUT2D eigenvalue weighted by Gasteiger charge is -2.18. The lowest BCUT2D eigenvalue weighted by atomic mass is 9.88. The fourth-order valence-electron chi connectivity index (χ4n) is 2.02. The molecule has 0 saturated carbocycles. The number of pyridine rings is 1. The molecule has 0 bridgehead atoms. The number of aromatic nitrogens is 5. The molecule has 0 saturated heterocycles. The average molecular weight is 299 g/mol. The molecule has 0 N–H and O–H groups in total. The summed E-state index contributed by atoms with van der Waals surface area (Å²) in [4.78, 5) is 13.2. The molecule has 0 amide bonds. The van der Waals surface area contributed by atoms with Crippen molar-refractivity contribution < 1.29 is 0 Å². The lowest BCUT2D eigenvalue weighted by molar-refractivity contribution is 0.587. The van der Waals surface area contributed by atoms with E-state index in [4.69, 9.17) is 0 Å². The Morgan fingerprint density at radius 2 is 1.76 bits per heavy atom. The SMILES string of the molecule is CSc1ncc2cnc(-c3ccc(C(C)(C)C)cn3)n2n1. The van der Waals surface area contributed by atoms with Crippen LogP contribution >= 0.6 is 11.8 Å². The van der Waals surface area contributed by atoms with Crippen LogP contribution in [-0.4, -0.2) is 30.8 Å². The van der Waals surface area contributed by atoms with Crippen molar-refractivity contribution in [3.8, 4) is 11.5 Å². The largest absolute Gasteiger partial charge is 0.253 e. The van der Waals surface area contributed by atoms with E-state index in [2.05, 4.69) is 46.9 Å². The summed E-state index contributed by atoms with van der Waals surface area (Å²) >= 11 is 1.51. The Kier molecular flexibility index (Phi) is 3.41. The molecular formula is C15H17N5S. The van der Waals surface area contributed by atoms with Crippen LogP contribution in [0.15, 0.2) is 35.9 Å². The second-order valence-corrected chi connectivity index (χ2v) is 6.62. The smallest absolute Gasteiger partial charge is 0.207 e. The summed E-state index contributed by atoms with van der Waals surface area (Å²) < 4.78 is 1.79. The fraction of sp³-hybridized carbons (Fsp3) is 0.333. The maximum absolute atomic E-state index is 4.54.